The van der Waals surface area contributed by atoms with Crippen LogP contribution in [0.3, 0.4) is 0 Å². The number of phenolic OH excluding ortho intramolecular Hbond substituents is 1. The van der Waals surface area contributed by atoms with E-state index in [1.54, 1.807) is 24.3 Å². The van der Waals surface area contributed by atoms with Crippen LogP contribution >= 0.6 is 0 Å². The normalized spacial score (nSPS) is 20.1. The lowest BCUT2D eigenvalue weighted by atomic mass is 10.0. The second kappa shape index (κ2) is 5.08. The molecule has 1 atom stereocenters. The molecule has 1 aromatic carbocycles. The number of anilines is 1. The Bertz CT molecular complexity index is 389. The molecule has 92 valence electrons. The lowest BCUT2D eigenvalue weighted by Crippen LogP contribution is -2.41. The fourth-order valence-electron chi connectivity index (χ4n) is 2.12. The number of hydrogen-bond acceptors (Lipinski definition) is 2. The molecule has 1 heterocycles. The number of benzene rings is 1. The first-order valence-electron chi connectivity index (χ1n) is 6.00. The van der Waals surface area contributed by atoms with Gasteiger partial charge in [-0.25, -0.2) is 4.79 Å². The third-order valence-electron chi connectivity index (χ3n) is 3.06. The lowest BCUT2D eigenvalue weighted by molar-refractivity contribution is 0.182. The van der Waals surface area contributed by atoms with E-state index in [9.17, 15) is 4.79 Å². The molecule has 0 saturated carbocycles. The predicted molar refractivity (Wildman–Crippen MR) is 67.1 cm³/mol. The van der Waals surface area contributed by atoms with E-state index in [0.717, 1.165) is 19.5 Å². The van der Waals surface area contributed by atoms with Gasteiger partial charge >= 0.3 is 6.03 Å². The van der Waals surface area contributed by atoms with E-state index in [1.165, 1.54) is 6.42 Å². The van der Waals surface area contributed by atoms with Crippen LogP contribution in [0.1, 0.15) is 19.8 Å². The monoisotopic (exact) mass is 234 g/mol. The van der Waals surface area contributed by atoms with Crippen LogP contribution in [0.15, 0.2) is 24.3 Å². The van der Waals surface area contributed by atoms with Crippen molar-refractivity contribution in [2.75, 3.05) is 18.4 Å². The van der Waals surface area contributed by atoms with Gasteiger partial charge in [-0.3, -0.25) is 0 Å². The summed E-state index contributed by atoms with van der Waals surface area (Å²) in [5.41, 5.74) is 0.714. The van der Waals surface area contributed by atoms with Gasteiger partial charge < -0.3 is 15.3 Å². The van der Waals surface area contributed by atoms with E-state index in [2.05, 4.69) is 12.2 Å². The summed E-state index contributed by atoms with van der Waals surface area (Å²) in [5.74, 6) is 0.781. The first-order chi connectivity index (χ1) is 8.15. The number of hydrogen-bond donors (Lipinski definition) is 2. The Labute approximate surface area is 101 Å². The van der Waals surface area contributed by atoms with E-state index >= 15 is 0 Å². The number of rotatable bonds is 1. The number of piperidine rings is 1. The topological polar surface area (TPSA) is 52.6 Å². The quantitative estimate of drug-likeness (QED) is 0.734. The molecule has 1 saturated heterocycles. The van der Waals surface area contributed by atoms with Gasteiger partial charge in [-0.2, -0.15) is 0 Å². The summed E-state index contributed by atoms with van der Waals surface area (Å²) in [4.78, 5) is 13.8. The maximum atomic E-state index is 12.0. The molecule has 17 heavy (non-hydrogen) atoms. The van der Waals surface area contributed by atoms with Crippen LogP contribution in [0.2, 0.25) is 0 Å². The van der Waals surface area contributed by atoms with Crippen molar-refractivity contribution < 1.29 is 9.90 Å². The SMILES string of the molecule is CC1CCCN(C(=O)Nc2ccc(O)cc2)C1. The average molecular weight is 234 g/mol. The molecule has 1 aliphatic heterocycles. The fourth-order valence-corrected chi connectivity index (χ4v) is 2.12. The number of aromatic hydroxyl groups is 1. The molecule has 4 heteroatoms. The largest absolute Gasteiger partial charge is 0.508 e. The minimum absolute atomic E-state index is 0.0535. The zero-order valence-corrected chi connectivity index (χ0v) is 10.0. The molecule has 1 fully saturated rings. The standard InChI is InChI=1S/C13H18N2O2/c1-10-3-2-8-15(9-10)13(17)14-11-4-6-12(16)7-5-11/h4-7,10,16H,2-3,8-9H2,1H3,(H,14,17). The van der Waals surface area contributed by atoms with Gasteiger partial charge in [-0.05, 0) is 43.0 Å². The summed E-state index contributed by atoms with van der Waals surface area (Å²) in [7, 11) is 0. The zero-order chi connectivity index (χ0) is 12.3. The van der Waals surface area contributed by atoms with E-state index in [4.69, 9.17) is 5.11 Å². The summed E-state index contributed by atoms with van der Waals surface area (Å²) >= 11 is 0. The summed E-state index contributed by atoms with van der Waals surface area (Å²) in [5, 5.41) is 12.0. The Morgan fingerprint density at radius 3 is 2.76 bits per heavy atom. The molecule has 2 amide bonds. The highest BCUT2D eigenvalue weighted by atomic mass is 16.3. The van der Waals surface area contributed by atoms with Gasteiger partial charge in [0.1, 0.15) is 5.75 Å². The first kappa shape index (κ1) is 11.8. The van der Waals surface area contributed by atoms with Crippen LogP contribution in [-0.2, 0) is 0 Å². The third kappa shape index (κ3) is 3.12. The van der Waals surface area contributed by atoms with Crippen LogP contribution < -0.4 is 5.32 Å². The van der Waals surface area contributed by atoms with Crippen molar-refractivity contribution >= 4 is 11.7 Å². The van der Waals surface area contributed by atoms with E-state index in [0.29, 0.717) is 11.6 Å². The van der Waals surface area contributed by atoms with Gasteiger partial charge in [-0.15, -0.1) is 0 Å². The van der Waals surface area contributed by atoms with Crippen molar-refractivity contribution in [2.45, 2.75) is 19.8 Å². The highest BCUT2D eigenvalue weighted by molar-refractivity contribution is 5.89. The Morgan fingerprint density at radius 2 is 2.12 bits per heavy atom. The van der Waals surface area contributed by atoms with Crippen molar-refractivity contribution in [3.8, 4) is 5.75 Å². The van der Waals surface area contributed by atoms with Gasteiger partial charge in [0, 0.05) is 18.8 Å². The zero-order valence-electron chi connectivity index (χ0n) is 10.0. The Morgan fingerprint density at radius 1 is 1.41 bits per heavy atom. The predicted octanol–water partition coefficient (Wildman–Crippen LogP) is 2.66. The number of carbonyl (C=O) groups excluding carboxylic acids is 1. The summed E-state index contributed by atoms with van der Waals surface area (Å²) in [6, 6.07) is 6.46. The van der Waals surface area contributed by atoms with Gasteiger partial charge in [0.2, 0.25) is 0 Å². The number of urea groups is 1. The summed E-state index contributed by atoms with van der Waals surface area (Å²) in [6.07, 6.45) is 2.27. The van der Waals surface area contributed by atoms with Crippen LogP contribution in [0, 0.1) is 5.92 Å². The molecule has 4 nitrogen and oxygen atoms in total. The van der Waals surface area contributed by atoms with Gasteiger partial charge in [0.05, 0.1) is 0 Å². The smallest absolute Gasteiger partial charge is 0.321 e. The molecule has 2 rings (SSSR count). The number of nitrogens with one attached hydrogen (secondary N) is 1. The average Bonchev–Trinajstić information content (AvgIpc) is 2.32. The third-order valence-corrected chi connectivity index (χ3v) is 3.06. The van der Waals surface area contributed by atoms with E-state index in [-0.39, 0.29) is 11.8 Å². The van der Waals surface area contributed by atoms with Crippen molar-refractivity contribution in [1.29, 1.82) is 0 Å². The number of amides is 2. The van der Waals surface area contributed by atoms with Crippen LogP contribution in [0.4, 0.5) is 10.5 Å². The van der Waals surface area contributed by atoms with Crippen LogP contribution in [0.5, 0.6) is 5.75 Å². The highest BCUT2D eigenvalue weighted by Crippen LogP contribution is 2.18. The Kier molecular flexibility index (Phi) is 3.52. The molecular weight excluding hydrogens is 216 g/mol. The van der Waals surface area contributed by atoms with Gasteiger partial charge in [-0.1, -0.05) is 6.92 Å². The van der Waals surface area contributed by atoms with Gasteiger partial charge in [0.15, 0.2) is 0 Å². The molecule has 1 unspecified atom stereocenters. The molecule has 0 aliphatic carbocycles. The molecule has 2 N–H and O–H groups in total. The number of phenols is 1. The van der Waals surface area contributed by atoms with Crippen LogP contribution in [0.25, 0.3) is 0 Å². The van der Waals surface area contributed by atoms with E-state index < -0.39 is 0 Å². The maximum absolute atomic E-state index is 12.0. The van der Waals surface area contributed by atoms with Crippen LogP contribution in [-0.4, -0.2) is 29.1 Å². The minimum atomic E-state index is -0.0535. The first-order valence-corrected chi connectivity index (χ1v) is 6.00. The van der Waals surface area contributed by atoms with Crippen molar-refractivity contribution in [3.63, 3.8) is 0 Å². The molecule has 0 spiro atoms. The summed E-state index contributed by atoms with van der Waals surface area (Å²) in [6.45, 7) is 3.82. The Balaban J connectivity index is 1.94. The molecule has 1 aliphatic rings. The summed E-state index contributed by atoms with van der Waals surface area (Å²) < 4.78 is 0. The highest BCUT2D eigenvalue weighted by Gasteiger charge is 2.20. The number of likely N-dealkylation sites (tertiary alicyclic amines) is 1. The molecule has 0 bridgehead atoms. The van der Waals surface area contributed by atoms with E-state index in [1.807, 2.05) is 4.90 Å². The molecule has 0 aromatic heterocycles. The molecule has 0 radical (unpaired) electrons. The second-order valence-electron chi connectivity index (χ2n) is 4.67. The van der Waals surface area contributed by atoms with Crippen molar-refractivity contribution in [2.24, 2.45) is 5.92 Å². The minimum Gasteiger partial charge on any atom is -0.508 e. The maximum Gasteiger partial charge on any atom is 0.321 e. The van der Waals surface area contributed by atoms with Crippen molar-refractivity contribution in [1.82, 2.24) is 4.90 Å². The lowest BCUT2D eigenvalue weighted by Gasteiger charge is -2.30. The number of nitrogens with zero attached hydrogens (tertiary/aromatic N) is 1. The Hall–Kier alpha value is -1.71. The fraction of sp³-hybridized carbons (Fsp3) is 0.462. The number of carbonyl (C=O) groups is 1. The molecule has 1 aromatic rings. The molecular formula is C13H18N2O2. The van der Waals surface area contributed by atoms with Crippen molar-refractivity contribution in [3.05, 3.63) is 24.3 Å². The van der Waals surface area contributed by atoms with Gasteiger partial charge in [0.25, 0.3) is 0 Å². The second-order valence-corrected chi connectivity index (χ2v) is 4.67.